The molecule has 0 unspecified atom stereocenters. The highest BCUT2D eigenvalue weighted by Crippen LogP contribution is 2.29. The number of carbonyl (C=O) groups is 1. The minimum Gasteiger partial charge on any atom is -0.508 e. The average molecular weight is 219 g/mol. The third-order valence-electron chi connectivity index (χ3n) is 2.47. The fraction of sp³-hybridized carbons (Fsp3) is 0.250. The summed E-state index contributed by atoms with van der Waals surface area (Å²) >= 11 is 0. The molecule has 84 valence electrons. The number of rotatable bonds is 1. The van der Waals surface area contributed by atoms with E-state index in [9.17, 15) is 9.90 Å². The zero-order valence-corrected chi connectivity index (χ0v) is 9.44. The van der Waals surface area contributed by atoms with E-state index in [0.717, 1.165) is 0 Å². The van der Waals surface area contributed by atoms with Gasteiger partial charge in [0.25, 0.3) is 5.91 Å². The zero-order valence-electron chi connectivity index (χ0n) is 9.44. The summed E-state index contributed by atoms with van der Waals surface area (Å²) in [5.74, 6) is 0.572. The van der Waals surface area contributed by atoms with E-state index in [2.05, 4.69) is 0 Å². The molecule has 4 nitrogen and oxygen atoms in total. The predicted octanol–water partition coefficient (Wildman–Crippen LogP) is 2.15. The van der Waals surface area contributed by atoms with Crippen LogP contribution in [-0.4, -0.2) is 30.0 Å². The van der Waals surface area contributed by atoms with Crippen molar-refractivity contribution in [3.63, 3.8) is 0 Å². The van der Waals surface area contributed by atoms with Crippen molar-refractivity contribution < 1.29 is 14.3 Å². The van der Waals surface area contributed by atoms with Crippen molar-refractivity contribution in [1.29, 1.82) is 0 Å². The molecule has 1 N–H and O–H groups in total. The summed E-state index contributed by atoms with van der Waals surface area (Å²) in [6, 6.07) is 4.74. The molecule has 1 aromatic heterocycles. The first-order valence-electron chi connectivity index (χ1n) is 4.94. The van der Waals surface area contributed by atoms with E-state index in [1.807, 2.05) is 0 Å². The Hall–Kier alpha value is -1.97. The first-order valence-corrected chi connectivity index (χ1v) is 4.94. The van der Waals surface area contributed by atoms with Crippen LogP contribution in [0.1, 0.15) is 16.1 Å². The summed E-state index contributed by atoms with van der Waals surface area (Å²) < 4.78 is 5.47. The monoisotopic (exact) mass is 219 g/mol. The van der Waals surface area contributed by atoms with Crippen LogP contribution in [0.15, 0.2) is 22.6 Å². The summed E-state index contributed by atoms with van der Waals surface area (Å²) in [6.07, 6.45) is 0. The molecule has 0 fully saturated rings. The fourth-order valence-corrected chi connectivity index (χ4v) is 1.70. The van der Waals surface area contributed by atoms with Gasteiger partial charge >= 0.3 is 0 Å². The van der Waals surface area contributed by atoms with Crippen LogP contribution in [-0.2, 0) is 0 Å². The van der Waals surface area contributed by atoms with Crippen molar-refractivity contribution in [2.75, 3.05) is 14.1 Å². The molecule has 2 aromatic rings. The highest BCUT2D eigenvalue weighted by atomic mass is 16.3. The SMILES string of the molecule is Cc1oc2ccc(O)cc2c1C(=O)N(C)C. The normalized spacial score (nSPS) is 10.7. The molecule has 0 aliphatic rings. The first kappa shape index (κ1) is 10.5. The summed E-state index contributed by atoms with van der Waals surface area (Å²) in [6.45, 7) is 1.74. The molecule has 4 heteroatoms. The Morgan fingerprint density at radius 1 is 1.38 bits per heavy atom. The maximum Gasteiger partial charge on any atom is 0.257 e. The lowest BCUT2D eigenvalue weighted by atomic mass is 10.1. The van der Waals surface area contributed by atoms with Gasteiger partial charge in [0.1, 0.15) is 17.1 Å². The Balaban J connectivity index is 2.72. The molecule has 0 saturated carbocycles. The van der Waals surface area contributed by atoms with E-state index in [0.29, 0.717) is 22.3 Å². The molecule has 0 aliphatic carbocycles. The van der Waals surface area contributed by atoms with E-state index in [4.69, 9.17) is 4.42 Å². The maximum atomic E-state index is 11.9. The number of phenols is 1. The quantitative estimate of drug-likeness (QED) is 0.799. The highest BCUT2D eigenvalue weighted by molar-refractivity contribution is 6.07. The van der Waals surface area contributed by atoms with Crippen molar-refractivity contribution in [1.82, 2.24) is 4.90 Å². The second kappa shape index (κ2) is 3.56. The van der Waals surface area contributed by atoms with Crippen molar-refractivity contribution in [3.05, 3.63) is 29.5 Å². The topological polar surface area (TPSA) is 53.7 Å². The minimum atomic E-state index is -0.123. The number of carbonyl (C=O) groups excluding carboxylic acids is 1. The number of phenolic OH excluding ortho intramolecular Hbond substituents is 1. The van der Waals surface area contributed by atoms with Gasteiger partial charge in [0.2, 0.25) is 0 Å². The number of aromatic hydroxyl groups is 1. The molecule has 2 rings (SSSR count). The van der Waals surface area contributed by atoms with Gasteiger partial charge < -0.3 is 14.4 Å². The molecular weight excluding hydrogens is 206 g/mol. The zero-order chi connectivity index (χ0) is 11.9. The number of aryl methyl sites for hydroxylation is 1. The molecule has 0 radical (unpaired) electrons. The van der Waals surface area contributed by atoms with Crippen LogP contribution < -0.4 is 0 Å². The standard InChI is InChI=1S/C12H13NO3/c1-7-11(12(15)13(2)3)9-6-8(14)4-5-10(9)16-7/h4-6,14H,1-3H3. The van der Waals surface area contributed by atoms with Crippen LogP contribution >= 0.6 is 0 Å². The summed E-state index contributed by atoms with van der Waals surface area (Å²) in [4.78, 5) is 13.4. The van der Waals surface area contributed by atoms with Crippen LogP contribution in [0, 0.1) is 6.92 Å². The van der Waals surface area contributed by atoms with E-state index >= 15 is 0 Å². The first-order chi connectivity index (χ1) is 7.50. The van der Waals surface area contributed by atoms with Crippen molar-refractivity contribution in [2.24, 2.45) is 0 Å². The van der Waals surface area contributed by atoms with Crippen LogP contribution in [0.4, 0.5) is 0 Å². The summed E-state index contributed by atoms with van der Waals surface area (Å²) in [5.41, 5.74) is 1.12. The number of hydrogen-bond donors (Lipinski definition) is 1. The molecule has 16 heavy (non-hydrogen) atoms. The largest absolute Gasteiger partial charge is 0.508 e. The molecule has 1 aromatic carbocycles. The predicted molar refractivity (Wildman–Crippen MR) is 60.6 cm³/mol. The van der Waals surface area contributed by atoms with E-state index in [-0.39, 0.29) is 11.7 Å². The van der Waals surface area contributed by atoms with Gasteiger partial charge in [0, 0.05) is 19.5 Å². The third-order valence-corrected chi connectivity index (χ3v) is 2.47. The molecule has 0 saturated heterocycles. The van der Waals surface area contributed by atoms with Gasteiger partial charge in [-0.15, -0.1) is 0 Å². The van der Waals surface area contributed by atoms with Crippen LogP contribution in [0.5, 0.6) is 5.75 Å². The summed E-state index contributed by atoms with van der Waals surface area (Å²) in [5, 5.41) is 10.1. The number of nitrogens with zero attached hydrogens (tertiary/aromatic N) is 1. The number of hydrogen-bond acceptors (Lipinski definition) is 3. The van der Waals surface area contributed by atoms with Gasteiger partial charge in [-0.2, -0.15) is 0 Å². The van der Waals surface area contributed by atoms with Crippen LogP contribution in [0.25, 0.3) is 11.0 Å². The van der Waals surface area contributed by atoms with Gasteiger partial charge in [-0.25, -0.2) is 0 Å². The van der Waals surface area contributed by atoms with Crippen molar-refractivity contribution >= 4 is 16.9 Å². The van der Waals surface area contributed by atoms with Gasteiger partial charge in [-0.1, -0.05) is 0 Å². The lowest BCUT2D eigenvalue weighted by molar-refractivity contribution is 0.0827. The summed E-state index contributed by atoms with van der Waals surface area (Å²) in [7, 11) is 3.37. The lowest BCUT2D eigenvalue weighted by Crippen LogP contribution is -2.22. The molecular formula is C12H13NO3. The number of benzene rings is 1. The van der Waals surface area contributed by atoms with Crippen molar-refractivity contribution in [3.8, 4) is 5.75 Å². The van der Waals surface area contributed by atoms with E-state index in [1.54, 1.807) is 33.2 Å². The molecule has 0 aliphatic heterocycles. The Morgan fingerprint density at radius 3 is 2.69 bits per heavy atom. The Bertz CT molecular complexity index is 555. The molecule has 0 spiro atoms. The molecule has 0 atom stereocenters. The third kappa shape index (κ3) is 1.52. The van der Waals surface area contributed by atoms with Gasteiger partial charge in [-0.05, 0) is 25.1 Å². The molecule has 0 bridgehead atoms. The molecule has 1 heterocycles. The van der Waals surface area contributed by atoms with Crippen LogP contribution in [0.3, 0.4) is 0 Å². The lowest BCUT2D eigenvalue weighted by Gasteiger charge is -2.09. The fourth-order valence-electron chi connectivity index (χ4n) is 1.70. The highest BCUT2D eigenvalue weighted by Gasteiger charge is 2.19. The van der Waals surface area contributed by atoms with Crippen molar-refractivity contribution in [2.45, 2.75) is 6.92 Å². The van der Waals surface area contributed by atoms with E-state index < -0.39 is 0 Å². The number of furan rings is 1. The molecule has 1 amide bonds. The van der Waals surface area contributed by atoms with Crippen LogP contribution in [0.2, 0.25) is 0 Å². The van der Waals surface area contributed by atoms with E-state index in [1.165, 1.54) is 11.0 Å². The maximum absolute atomic E-state index is 11.9. The smallest absolute Gasteiger partial charge is 0.257 e. The van der Waals surface area contributed by atoms with Gasteiger partial charge in [-0.3, -0.25) is 4.79 Å². The number of amides is 1. The Morgan fingerprint density at radius 2 is 2.06 bits per heavy atom. The average Bonchev–Trinajstić information content (AvgIpc) is 2.52. The minimum absolute atomic E-state index is 0.123. The number of fused-ring (bicyclic) bond motifs is 1. The Kier molecular flexibility index (Phi) is 2.34. The second-order valence-electron chi connectivity index (χ2n) is 3.91. The van der Waals surface area contributed by atoms with Gasteiger partial charge in [0.05, 0.1) is 5.56 Å². The van der Waals surface area contributed by atoms with Gasteiger partial charge in [0.15, 0.2) is 0 Å². The Labute approximate surface area is 93.1 Å². The second-order valence-corrected chi connectivity index (χ2v) is 3.91.